The number of hydrogen-bond donors (Lipinski definition) is 0. The summed E-state index contributed by atoms with van der Waals surface area (Å²) in [5.41, 5.74) is 6.90. The fourth-order valence-corrected chi connectivity index (χ4v) is 4.17. The fourth-order valence-electron chi connectivity index (χ4n) is 3.29. The third-order valence-corrected chi connectivity index (χ3v) is 5.75. The molecule has 3 aromatic rings. The molecule has 1 aliphatic rings. The highest BCUT2D eigenvalue weighted by Crippen LogP contribution is 2.40. The van der Waals surface area contributed by atoms with Crippen molar-refractivity contribution < 1.29 is 4.39 Å². The lowest BCUT2D eigenvalue weighted by molar-refractivity contribution is 0.626. The molecule has 3 aromatic carbocycles. The third-order valence-electron chi connectivity index (χ3n) is 4.83. The van der Waals surface area contributed by atoms with Crippen LogP contribution in [0.1, 0.15) is 29.5 Å². The number of hydrogen-bond acceptors (Lipinski definition) is 2. The van der Waals surface area contributed by atoms with Gasteiger partial charge in [-0.05, 0) is 59.9 Å². The van der Waals surface area contributed by atoms with E-state index in [-0.39, 0.29) is 11.7 Å². The summed E-state index contributed by atoms with van der Waals surface area (Å²) in [4.78, 5) is 5.99. The Labute approximate surface area is 163 Å². The summed E-state index contributed by atoms with van der Waals surface area (Å²) in [6.07, 6.45) is 0. The van der Waals surface area contributed by atoms with Gasteiger partial charge in [-0.1, -0.05) is 60.6 Å². The van der Waals surface area contributed by atoms with Gasteiger partial charge in [0.05, 0.1) is 11.4 Å². The Kier molecular flexibility index (Phi) is 4.95. The van der Waals surface area contributed by atoms with Crippen molar-refractivity contribution in [2.75, 3.05) is 0 Å². The standard InChI is InChI=1S/C24H20FNS/c1-16-7-11-19(12-8-16)26-24-22-6-4-3-5-21(22)17(2)23(24)15-27-20-13-9-18(25)10-14-20/h3-15,17H,1-2H3/b23-15+,26-24?. The average Bonchev–Trinajstić information content (AvgIpc) is 2.95. The zero-order valence-corrected chi connectivity index (χ0v) is 16.1. The zero-order chi connectivity index (χ0) is 18.8. The molecule has 0 saturated carbocycles. The minimum Gasteiger partial charge on any atom is -0.248 e. The maximum absolute atomic E-state index is 13.2. The van der Waals surface area contributed by atoms with Crippen LogP contribution in [0, 0.1) is 12.7 Å². The third kappa shape index (κ3) is 3.74. The Morgan fingerprint density at radius 3 is 2.37 bits per heavy atom. The van der Waals surface area contributed by atoms with Crippen molar-refractivity contribution in [3.8, 4) is 0 Å². The molecule has 0 bridgehead atoms. The molecule has 0 heterocycles. The first-order valence-electron chi connectivity index (χ1n) is 8.99. The predicted octanol–water partition coefficient (Wildman–Crippen LogP) is 7.05. The fraction of sp³-hybridized carbons (Fsp3) is 0.125. The van der Waals surface area contributed by atoms with Gasteiger partial charge in [-0.25, -0.2) is 9.38 Å². The number of rotatable bonds is 3. The average molecular weight is 373 g/mol. The van der Waals surface area contributed by atoms with Crippen LogP contribution in [0.15, 0.2) is 93.7 Å². The van der Waals surface area contributed by atoms with Gasteiger partial charge < -0.3 is 0 Å². The van der Waals surface area contributed by atoms with Gasteiger partial charge in [0, 0.05) is 16.4 Å². The molecule has 0 radical (unpaired) electrons. The van der Waals surface area contributed by atoms with Crippen molar-refractivity contribution in [1.29, 1.82) is 0 Å². The topological polar surface area (TPSA) is 12.4 Å². The molecule has 27 heavy (non-hydrogen) atoms. The van der Waals surface area contributed by atoms with Gasteiger partial charge in [0.25, 0.3) is 0 Å². The quantitative estimate of drug-likeness (QED) is 0.448. The molecule has 0 N–H and O–H groups in total. The minimum absolute atomic E-state index is 0.213. The van der Waals surface area contributed by atoms with Crippen LogP contribution in [0.3, 0.4) is 0 Å². The second kappa shape index (κ2) is 7.53. The molecule has 0 aromatic heterocycles. The maximum Gasteiger partial charge on any atom is 0.123 e. The number of aliphatic imine (C=N–C) groups is 1. The van der Waals surface area contributed by atoms with Crippen molar-refractivity contribution >= 4 is 23.2 Å². The van der Waals surface area contributed by atoms with Crippen LogP contribution in [-0.2, 0) is 0 Å². The predicted molar refractivity (Wildman–Crippen MR) is 113 cm³/mol. The van der Waals surface area contributed by atoms with Crippen molar-refractivity contribution in [2.24, 2.45) is 4.99 Å². The zero-order valence-electron chi connectivity index (χ0n) is 15.3. The molecule has 0 spiro atoms. The lowest BCUT2D eigenvalue weighted by atomic mass is 10.0. The molecule has 3 heteroatoms. The molecule has 134 valence electrons. The Balaban J connectivity index is 1.75. The number of thioether (sulfide) groups is 1. The number of nitrogens with zero attached hydrogens (tertiary/aromatic N) is 1. The first-order valence-corrected chi connectivity index (χ1v) is 9.87. The monoisotopic (exact) mass is 373 g/mol. The summed E-state index contributed by atoms with van der Waals surface area (Å²) >= 11 is 1.61. The van der Waals surface area contributed by atoms with Gasteiger partial charge in [-0.3, -0.25) is 0 Å². The van der Waals surface area contributed by atoms with Crippen LogP contribution >= 0.6 is 11.8 Å². The summed E-state index contributed by atoms with van der Waals surface area (Å²) in [6, 6.07) is 23.3. The largest absolute Gasteiger partial charge is 0.248 e. The first kappa shape index (κ1) is 17.7. The van der Waals surface area contributed by atoms with E-state index in [0.717, 1.165) is 16.3 Å². The van der Waals surface area contributed by atoms with E-state index in [1.807, 2.05) is 0 Å². The van der Waals surface area contributed by atoms with E-state index in [2.05, 4.69) is 67.8 Å². The van der Waals surface area contributed by atoms with Crippen LogP contribution in [0.5, 0.6) is 0 Å². The highest BCUT2D eigenvalue weighted by atomic mass is 32.2. The number of halogens is 1. The Hall–Kier alpha value is -2.65. The van der Waals surface area contributed by atoms with E-state index >= 15 is 0 Å². The molecule has 1 unspecified atom stereocenters. The summed E-state index contributed by atoms with van der Waals surface area (Å²) < 4.78 is 13.2. The number of fused-ring (bicyclic) bond motifs is 1. The normalized spacial score (nSPS) is 18.9. The van der Waals surface area contributed by atoms with E-state index in [9.17, 15) is 4.39 Å². The second-order valence-electron chi connectivity index (χ2n) is 6.75. The number of allylic oxidation sites excluding steroid dienone is 1. The molecule has 0 saturated heterocycles. The maximum atomic E-state index is 13.2. The molecular weight excluding hydrogens is 353 g/mol. The Bertz CT molecular complexity index is 1020. The summed E-state index contributed by atoms with van der Waals surface area (Å²) in [5.74, 6) is 0.0635. The molecule has 4 rings (SSSR count). The summed E-state index contributed by atoms with van der Waals surface area (Å²) in [5, 5.41) is 2.16. The van der Waals surface area contributed by atoms with Crippen LogP contribution < -0.4 is 0 Å². The summed E-state index contributed by atoms with van der Waals surface area (Å²) in [6.45, 7) is 4.29. The molecule has 1 aliphatic carbocycles. The van der Waals surface area contributed by atoms with Crippen LogP contribution in [0.25, 0.3) is 0 Å². The minimum atomic E-state index is -0.213. The van der Waals surface area contributed by atoms with E-state index in [1.54, 1.807) is 23.9 Å². The van der Waals surface area contributed by atoms with Gasteiger partial charge in [-0.2, -0.15) is 0 Å². The van der Waals surface area contributed by atoms with Crippen LogP contribution in [0.2, 0.25) is 0 Å². The lowest BCUT2D eigenvalue weighted by Crippen LogP contribution is -1.99. The van der Waals surface area contributed by atoms with Crippen LogP contribution in [0.4, 0.5) is 10.1 Å². The highest BCUT2D eigenvalue weighted by Gasteiger charge is 2.29. The molecule has 1 atom stereocenters. The molecule has 0 aliphatic heterocycles. The molecular formula is C24H20FNS. The Morgan fingerprint density at radius 2 is 1.63 bits per heavy atom. The highest BCUT2D eigenvalue weighted by molar-refractivity contribution is 8.02. The van der Waals surface area contributed by atoms with Crippen molar-refractivity contribution in [1.82, 2.24) is 0 Å². The first-order chi connectivity index (χ1) is 13.1. The SMILES string of the molecule is Cc1ccc(N=C2/C(=C/Sc3ccc(F)cc3)C(C)c3ccccc32)cc1. The smallest absolute Gasteiger partial charge is 0.123 e. The number of aryl methyl sites for hydroxylation is 1. The van der Waals surface area contributed by atoms with Crippen LogP contribution in [-0.4, -0.2) is 5.71 Å². The Morgan fingerprint density at radius 1 is 0.926 bits per heavy atom. The van der Waals surface area contributed by atoms with Gasteiger partial charge >= 0.3 is 0 Å². The van der Waals surface area contributed by atoms with Crippen molar-refractivity contribution in [3.63, 3.8) is 0 Å². The van der Waals surface area contributed by atoms with E-state index < -0.39 is 0 Å². The van der Waals surface area contributed by atoms with Gasteiger partial charge in [-0.15, -0.1) is 0 Å². The van der Waals surface area contributed by atoms with Gasteiger partial charge in [0.2, 0.25) is 0 Å². The molecule has 0 fully saturated rings. The van der Waals surface area contributed by atoms with Crippen molar-refractivity contribution in [3.05, 3.63) is 106 Å². The van der Waals surface area contributed by atoms with Crippen molar-refractivity contribution in [2.45, 2.75) is 24.7 Å². The lowest BCUT2D eigenvalue weighted by Gasteiger charge is -2.07. The molecule has 1 nitrogen and oxygen atoms in total. The summed E-state index contributed by atoms with van der Waals surface area (Å²) in [7, 11) is 0. The number of benzene rings is 3. The van der Waals surface area contributed by atoms with E-state index in [4.69, 9.17) is 4.99 Å². The second-order valence-corrected chi connectivity index (χ2v) is 7.69. The van der Waals surface area contributed by atoms with Gasteiger partial charge in [0.15, 0.2) is 0 Å². The molecule has 0 amide bonds. The van der Waals surface area contributed by atoms with E-state index in [1.165, 1.54) is 34.4 Å². The van der Waals surface area contributed by atoms with Gasteiger partial charge in [0.1, 0.15) is 5.82 Å². The van der Waals surface area contributed by atoms with E-state index in [0.29, 0.717) is 0 Å².